The van der Waals surface area contributed by atoms with Gasteiger partial charge in [-0.1, -0.05) is 24.3 Å². The number of fused-ring (bicyclic) bond motifs is 1. The summed E-state index contributed by atoms with van der Waals surface area (Å²) in [6.07, 6.45) is 3.51. The Morgan fingerprint density at radius 1 is 0.800 bits per heavy atom. The minimum absolute atomic E-state index is 0.140. The van der Waals surface area contributed by atoms with Crippen LogP contribution in [0.25, 0.3) is 11.4 Å². The lowest BCUT2D eigenvalue weighted by atomic mass is 9.96. The van der Waals surface area contributed by atoms with Crippen LogP contribution in [0.5, 0.6) is 0 Å². The summed E-state index contributed by atoms with van der Waals surface area (Å²) >= 11 is 0. The molecule has 7 heteroatoms. The number of benzene rings is 2. The van der Waals surface area contributed by atoms with Gasteiger partial charge in [0.25, 0.3) is 0 Å². The van der Waals surface area contributed by atoms with E-state index in [4.69, 9.17) is 0 Å². The molecule has 30 heavy (non-hydrogen) atoms. The minimum Gasteiger partial charge on any atom is -0.309 e. The molecular weight excluding hydrogens is 384 g/mol. The molecule has 3 heterocycles. The second-order valence-electron chi connectivity index (χ2n) is 7.31. The molecule has 0 atom stereocenters. The molecule has 0 bridgehead atoms. The molecule has 1 aliphatic rings. The highest BCUT2D eigenvalue weighted by atomic mass is 19.1. The second-order valence-corrected chi connectivity index (χ2v) is 7.31. The maximum absolute atomic E-state index is 13.5. The Labute approximate surface area is 172 Å². The van der Waals surface area contributed by atoms with Gasteiger partial charge in [0, 0.05) is 31.0 Å². The average Bonchev–Trinajstić information content (AvgIpc) is 3.21. The Morgan fingerprint density at radius 2 is 1.47 bits per heavy atom. The number of halogens is 2. The van der Waals surface area contributed by atoms with Crippen LogP contribution in [0.1, 0.15) is 23.0 Å². The topological polar surface area (TPSA) is 46.8 Å². The van der Waals surface area contributed by atoms with Gasteiger partial charge in [-0.25, -0.2) is 8.78 Å². The molecule has 0 saturated heterocycles. The third kappa shape index (κ3) is 3.48. The summed E-state index contributed by atoms with van der Waals surface area (Å²) in [7, 11) is 0. The van der Waals surface area contributed by atoms with Crippen LogP contribution in [-0.2, 0) is 13.1 Å². The van der Waals surface area contributed by atoms with Crippen LogP contribution in [-0.4, -0.2) is 31.2 Å². The van der Waals surface area contributed by atoms with Gasteiger partial charge in [-0.2, -0.15) is 0 Å². The number of aromatic nitrogens is 4. The lowest BCUT2D eigenvalue weighted by molar-refractivity contribution is 0.176. The molecule has 0 N–H and O–H groups in total. The fourth-order valence-corrected chi connectivity index (χ4v) is 4.01. The standard InChI is InChI=1S/C23H19F2N5/c24-19-7-3-16(4-8-19)22(17-5-9-20(25)10-6-17)29-12-13-30-21(15-29)27-28-23(30)18-2-1-11-26-14-18/h1-11,14,22H,12-13,15H2. The summed E-state index contributed by atoms with van der Waals surface area (Å²) in [5.74, 6) is 1.10. The van der Waals surface area contributed by atoms with Crippen LogP contribution in [0.3, 0.4) is 0 Å². The van der Waals surface area contributed by atoms with E-state index in [1.54, 1.807) is 36.7 Å². The number of hydrogen-bond donors (Lipinski definition) is 0. The normalized spacial score (nSPS) is 14.1. The average molecular weight is 403 g/mol. The number of nitrogens with zero attached hydrogens (tertiary/aromatic N) is 5. The maximum atomic E-state index is 13.5. The van der Waals surface area contributed by atoms with E-state index in [1.807, 2.05) is 12.1 Å². The Morgan fingerprint density at radius 3 is 2.07 bits per heavy atom. The molecule has 5 rings (SSSR count). The third-order valence-corrected chi connectivity index (χ3v) is 5.44. The molecule has 4 aromatic rings. The van der Waals surface area contributed by atoms with Crippen LogP contribution in [0.15, 0.2) is 73.1 Å². The molecule has 2 aromatic heterocycles. The molecule has 0 saturated carbocycles. The summed E-state index contributed by atoms with van der Waals surface area (Å²) in [4.78, 5) is 6.43. The smallest absolute Gasteiger partial charge is 0.165 e. The highest BCUT2D eigenvalue weighted by Gasteiger charge is 2.29. The first-order chi connectivity index (χ1) is 14.7. The zero-order valence-electron chi connectivity index (χ0n) is 16.1. The first-order valence-corrected chi connectivity index (χ1v) is 9.76. The van der Waals surface area contributed by atoms with Crippen molar-refractivity contribution in [2.45, 2.75) is 19.1 Å². The van der Waals surface area contributed by atoms with Crippen molar-refractivity contribution in [3.63, 3.8) is 0 Å². The Kier molecular flexibility index (Phi) is 4.80. The van der Waals surface area contributed by atoms with E-state index in [0.29, 0.717) is 13.1 Å². The van der Waals surface area contributed by atoms with Crippen LogP contribution >= 0.6 is 0 Å². The van der Waals surface area contributed by atoms with Crippen LogP contribution in [0, 0.1) is 11.6 Å². The fraction of sp³-hybridized carbons (Fsp3) is 0.174. The minimum atomic E-state index is -0.281. The molecule has 0 aliphatic carbocycles. The van der Waals surface area contributed by atoms with Gasteiger partial charge in [0.1, 0.15) is 17.5 Å². The second kappa shape index (κ2) is 7.76. The quantitative estimate of drug-likeness (QED) is 0.512. The van der Waals surface area contributed by atoms with Crippen molar-refractivity contribution in [1.29, 1.82) is 0 Å². The molecule has 0 fully saturated rings. The lowest BCUT2D eigenvalue weighted by Crippen LogP contribution is -2.37. The SMILES string of the molecule is Fc1ccc(C(c2ccc(F)cc2)N2CCn3c(nnc3-c3cccnc3)C2)cc1. The molecule has 0 radical (unpaired) electrons. The Bertz CT molecular complexity index is 1100. The molecule has 150 valence electrons. The molecule has 1 aliphatic heterocycles. The van der Waals surface area contributed by atoms with Gasteiger partial charge in [-0.15, -0.1) is 10.2 Å². The van der Waals surface area contributed by atoms with E-state index >= 15 is 0 Å². The molecule has 0 amide bonds. The van der Waals surface area contributed by atoms with Crippen molar-refractivity contribution in [2.75, 3.05) is 6.54 Å². The first-order valence-electron chi connectivity index (χ1n) is 9.76. The lowest BCUT2D eigenvalue weighted by Gasteiger charge is -2.35. The van der Waals surface area contributed by atoms with Gasteiger partial charge in [0.2, 0.25) is 0 Å². The van der Waals surface area contributed by atoms with Gasteiger partial charge >= 0.3 is 0 Å². The fourth-order valence-electron chi connectivity index (χ4n) is 4.01. The molecule has 5 nitrogen and oxygen atoms in total. The van der Waals surface area contributed by atoms with Gasteiger partial charge in [-0.3, -0.25) is 9.88 Å². The van der Waals surface area contributed by atoms with Crippen LogP contribution in [0.4, 0.5) is 8.78 Å². The van der Waals surface area contributed by atoms with Crippen molar-refractivity contribution < 1.29 is 8.78 Å². The molecule has 0 unspecified atom stereocenters. The van der Waals surface area contributed by atoms with Crippen molar-refractivity contribution in [1.82, 2.24) is 24.6 Å². The highest BCUT2D eigenvalue weighted by Crippen LogP contribution is 2.32. The third-order valence-electron chi connectivity index (χ3n) is 5.44. The predicted octanol–water partition coefficient (Wildman–Crippen LogP) is 4.22. The largest absolute Gasteiger partial charge is 0.309 e. The zero-order chi connectivity index (χ0) is 20.5. The summed E-state index contributed by atoms with van der Waals surface area (Å²) < 4.78 is 29.1. The van der Waals surface area contributed by atoms with E-state index in [-0.39, 0.29) is 17.7 Å². The van der Waals surface area contributed by atoms with E-state index in [9.17, 15) is 8.78 Å². The summed E-state index contributed by atoms with van der Waals surface area (Å²) in [6.45, 7) is 2.04. The summed E-state index contributed by atoms with van der Waals surface area (Å²) in [5, 5.41) is 8.78. The van der Waals surface area contributed by atoms with E-state index in [1.165, 1.54) is 24.3 Å². The maximum Gasteiger partial charge on any atom is 0.165 e. The van der Waals surface area contributed by atoms with E-state index in [0.717, 1.165) is 34.9 Å². The van der Waals surface area contributed by atoms with Crippen molar-refractivity contribution in [3.05, 3.63) is 102 Å². The Balaban J connectivity index is 1.50. The summed E-state index contributed by atoms with van der Waals surface area (Å²) in [5.41, 5.74) is 2.82. The van der Waals surface area contributed by atoms with E-state index in [2.05, 4.69) is 24.6 Å². The molecule has 2 aromatic carbocycles. The highest BCUT2D eigenvalue weighted by molar-refractivity contribution is 5.53. The predicted molar refractivity (Wildman–Crippen MR) is 108 cm³/mol. The van der Waals surface area contributed by atoms with Gasteiger partial charge in [0.05, 0.1) is 12.6 Å². The van der Waals surface area contributed by atoms with Crippen molar-refractivity contribution in [3.8, 4) is 11.4 Å². The Hall–Kier alpha value is -3.45. The number of pyridine rings is 1. The van der Waals surface area contributed by atoms with Gasteiger partial charge in [0.15, 0.2) is 5.82 Å². The van der Waals surface area contributed by atoms with Gasteiger partial charge in [-0.05, 0) is 47.5 Å². The monoisotopic (exact) mass is 403 g/mol. The van der Waals surface area contributed by atoms with Crippen molar-refractivity contribution in [2.24, 2.45) is 0 Å². The van der Waals surface area contributed by atoms with Crippen LogP contribution < -0.4 is 0 Å². The van der Waals surface area contributed by atoms with Crippen LogP contribution in [0.2, 0.25) is 0 Å². The summed E-state index contributed by atoms with van der Waals surface area (Å²) in [6, 6.07) is 16.7. The molecular formula is C23H19F2N5. The van der Waals surface area contributed by atoms with E-state index < -0.39 is 0 Å². The molecule has 0 spiro atoms. The first kappa shape index (κ1) is 18.6. The zero-order valence-corrected chi connectivity index (χ0v) is 16.1. The number of hydrogen-bond acceptors (Lipinski definition) is 4. The van der Waals surface area contributed by atoms with Gasteiger partial charge < -0.3 is 4.57 Å². The van der Waals surface area contributed by atoms with Crippen molar-refractivity contribution >= 4 is 0 Å². The number of rotatable bonds is 4.